The standard InChI is InChI=1S/C24H26N6O2/c1-23(2)18-7-6-17(10-15(18)13-27-23)28-22-26-12-16-9-14(11-25)21(31)30(20(16)29-22)19-5-4-8-24(19,3)32/h6-7,9-10,12,19,27,32H,4-5,8,13H2,1-3H3,(H,26,28,29). The molecule has 2 aliphatic rings. The molecule has 2 aromatic heterocycles. The normalized spacial score (nSPS) is 23.8. The Kier molecular flexibility index (Phi) is 4.59. The van der Waals surface area contributed by atoms with Gasteiger partial charge in [-0.25, -0.2) is 4.98 Å². The number of nitrogens with zero attached hydrogens (tertiary/aromatic N) is 4. The molecule has 0 saturated heterocycles. The molecule has 3 heterocycles. The second kappa shape index (κ2) is 7.12. The number of hydrogen-bond acceptors (Lipinski definition) is 7. The first kappa shape index (κ1) is 20.6. The van der Waals surface area contributed by atoms with Crippen molar-refractivity contribution in [2.24, 2.45) is 0 Å². The monoisotopic (exact) mass is 430 g/mol. The zero-order valence-corrected chi connectivity index (χ0v) is 18.4. The molecule has 1 aliphatic carbocycles. The highest BCUT2D eigenvalue weighted by atomic mass is 16.3. The molecule has 8 nitrogen and oxygen atoms in total. The molecule has 1 aromatic carbocycles. The molecule has 0 radical (unpaired) electrons. The molecule has 0 bridgehead atoms. The van der Waals surface area contributed by atoms with Crippen molar-refractivity contribution in [3.05, 3.63) is 57.5 Å². The van der Waals surface area contributed by atoms with Crippen LogP contribution in [-0.4, -0.2) is 25.2 Å². The summed E-state index contributed by atoms with van der Waals surface area (Å²) in [4.78, 5) is 22.1. The molecule has 2 unspecified atom stereocenters. The zero-order chi connectivity index (χ0) is 22.7. The smallest absolute Gasteiger partial charge is 0.270 e. The van der Waals surface area contributed by atoms with Crippen LogP contribution < -0.4 is 16.2 Å². The van der Waals surface area contributed by atoms with E-state index in [-0.39, 0.29) is 11.1 Å². The minimum atomic E-state index is -1.04. The molecular weight excluding hydrogens is 404 g/mol. The van der Waals surface area contributed by atoms with Gasteiger partial charge in [-0.05, 0) is 69.4 Å². The number of benzene rings is 1. The molecule has 3 aromatic rings. The lowest BCUT2D eigenvalue weighted by atomic mass is 9.94. The molecule has 164 valence electrons. The van der Waals surface area contributed by atoms with E-state index >= 15 is 0 Å². The van der Waals surface area contributed by atoms with Crippen molar-refractivity contribution >= 4 is 22.7 Å². The fourth-order valence-electron chi connectivity index (χ4n) is 5.06. The van der Waals surface area contributed by atoms with Crippen LogP contribution in [0.4, 0.5) is 11.6 Å². The van der Waals surface area contributed by atoms with Crippen molar-refractivity contribution in [2.75, 3.05) is 5.32 Å². The molecule has 5 rings (SSSR count). The SMILES string of the molecule is CC1(C)NCc2cc(Nc3ncc4cc(C#N)c(=O)n(C5CCCC5(C)O)c4n3)ccc21. The van der Waals surface area contributed by atoms with E-state index in [0.29, 0.717) is 29.8 Å². The topological polar surface area (TPSA) is 116 Å². The number of aromatic nitrogens is 3. The van der Waals surface area contributed by atoms with Gasteiger partial charge in [-0.1, -0.05) is 6.07 Å². The Bertz CT molecular complexity index is 1330. The van der Waals surface area contributed by atoms with Gasteiger partial charge in [0.15, 0.2) is 0 Å². The quantitative estimate of drug-likeness (QED) is 0.584. The lowest BCUT2D eigenvalue weighted by Crippen LogP contribution is -2.38. The van der Waals surface area contributed by atoms with Gasteiger partial charge in [-0.2, -0.15) is 10.2 Å². The average molecular weight is 431 g/mol. The van der Waals surface area contributed by atoms with Crippen LogP contribution in [0.2, 0.25) is 0 Å². The predicted molar refractivity (Wildman–Crippen MR) is 122 cm³/mol. The summed E-state index contributed by atoms with van der Waals surface area (Å²) in [5.41, 5.74) is 2.27. The summed E-state index contributed by atoms with van der Waals surface area (Å²) in [5, 5.41) is 27.7. The van der Waals surface area contributed by atoms with E-state index in [1.165, 1.54) is 21.8 Å². The average Bonchev–Trinajstić information content (AvgIpc) is 3.25. The van der Waals surface area contributed by atoms with Crippen molar-refractivity contribution in [1.29, 1.82) is 5.26 Å². The van der Waals surface area contributed by atoms with Crippen molar-refractivity contribution in [3.63, 3.8) is 0 Å². The van der Waals surface area contributed by atoms with Crippen LogP contribution in [-0.2, 0) is 12.1 Å². The second-order valence-electron chi connectivity index (χ2n) is 9.56. The number of anilines is 2. The second-order valence-corrected chi connectivity index (χ2v) is 9.56. The summed E-state index contributed by atoms with van der Waals surface area (Å²) in [6.45, 7) is 6.85. The number of hydrogen-bond donors (Lipinski definition) is 3. The number of nitriles is 1. The van der Waals surface area contributed by atoms with Crippen molar-refractivity contribution in [3.8, 4) is 6.07 Å². The van der Waals surface area contributed by atoms with Crippen LogP contribution in [0.1, 0.15) is 62.8 Å². The van der Waals surface area contributed by atoms with E-state index in [9.17, 15) is 15.2 Å². The highest BCUT2D eigenvalue weighted by Gasteiger charge is 2.40. The maximum Gasteiger partial charge on any atom is 0.270 e. The first-order valence-electron chi connectivity index (χ1n) is 10.9. The van der Waals surface area contributed by atoms with Crippen LogP contribution in [0.5, 0.6) is 0 Å². The summed E-state index contributed by atoms with van der Waals surface area (Å²) in [6.07, 6.45) is 3.66. The Morgan fingerprint density at radius 3 is 2.84 bits per heavy atom. The van der Waals surface area contributed by atoms with Crippen LogP contribution >= 0.6 is 0 Å². The minimum absolute atomic E-state index is 0.0262. The lowest BCUT2D eigenvalue weighted by molar-refractivity contribution is 0.0266. The van der Waals surface area contributed by atoms with Gasteiger partial charge in [0.05, 0.1) is 11.6 Å². The van der Waals surface area contributed by atoms with Gasteiger partial charge in [-0.3, -0.25) is 9.36 Å². The van der Waals surface area contributed by atoms with Crippen LogP contribution in [0.3, 0.4) is 0 Å². The van der Waals surface area contributed by atoms with E-state index in [0.717, 1.165) is 18.7 Å². The van der Waals surface area contributed by atoms with Gasteiger partial charge in [0, 0.05) is 29.4 Å². The number of fused-ring (bicyclic) bond motifs is 2. The maximum atomic E-state index is 13.1. The van der Waals surface area contributed by atoms with E-state index in [4.69, 9.17) is 0 Å². The predicted octanol–water partition coefficient (Wildman–Crippen LogP) is 3.22. The lowest BCUT2D eigenvalue weighted by Gasteiger charge is -2.28. The van der Waals surface area contributed by atoms with Crippen LogP contribution in [0, 0.1) is 11.3 Å². The van der Waals surface area contributed by atoms with E-state index in [1.807, 2.05) is 12.1 Å². The molecule has 0 spiro atoms. The molecule has 0 amide bonds. The molecule has 1 fully saturated rings. The van der Waals surface area contributed by atoms with Gasteiger partial charge < -0.3 is 15.7 Å². The van der Waals surface area contributed by atoms with Gasteiger partial charge in [0.25, 0.3) is 5.56 Å². The fourth-order valence-corrected chi connectivity index (χ4v) is 5.06. The van der Waals surface area contributed by atoms with E-state index in [1.54, 1.807) is 13.1 Å². The Morgan fingerprint density at radius 2 is 2.12 bits per heavy atom. The molecule has 2 atom stereocenters. The van der Waals surface area contributed by atoms with Crippen molar-refractivity contribution < 1.29 is 5.11 Å². The number of nitrogens with one attached hydrogen (secondary N) is 2. The van der Waals surface area contributed by atoms with Gasteiger partial charge >= 0.3 is 0 Å². The van der Waals surface area contributed by atoms with Gasteiger partial charge in [0.2, 0.25) is 5.95 Å². The Morgan fingerprint density at radius 1 is 1.31 bits per heavy atom. The summed E-state index contributed by atoms with van der Waals surface area (Å²) in [7, 11) is 0. The molecule has 1 aliphatic heterocycles. The number of rotatable bonds is 3. The summed E-state index contributed by atoms with van der Waals surface area (Å²) in [5.74, 6) is 0.359. The Balaban J connectivity index is 1.59. The minimum Gasteiger partial charge on any atom is -0.388 e. The summed E-state index contributed by atoms with van der Waals surface area (Å²) >= 11 is 0. The molecule has 1 saturated carbocycles. The molecule has 3 N–H and O–H groups in total. The van der Waals surface area contributed by atoms with Gasteiger partial charge in [-0.15, -0.1) is 0 Å². The number of pyridine rings is 1. The Hall–Kier alpha value is -3.28. The third-order valence-corrected chi connectivity index (χ3v) is 6.84. The van der Waals surface area contributed by atoms with Crippen LogP contribution in [0.25, 0.3) is 11.0 Å². The summed E-state index contributed by atoms with van der Waals surface area (Å²) in [6, 6.07) is 9.22. The number of aliphatic hydroxyl groups is 1. The highest BCUT2D eigenvalue weighted by Crippen LogP contribution is 2.39. The highest BCUT2D eigenvalue weighted by molar-refractivity contribution is 5.77. The van der Waals surface area contributed by atoms with Crippen molar-refractivity contribution in [2.45, 2.75) is 63.8 Å². The summed E-state index contributed by atoms with van der Waals surface area (Å²) < 4.78 is 1.49. The zero-order valence-electron chi connectivity index (χ0n) is 18.4. The Labute approximate surface area is 185 Å². The third kappa shape index (κ3) is 3.25. The third-order valence-electron chi connectivity index (χ3n) is 6.84. The largest absolute Gasteiger partial charge is 0.388 e. The van der Waals surface area contributed by atoms with Crippen molar-refractivity contribution in [1.82, 2.24) is 19.9 Å². The van der Waals surface area contributed by atoms with E-state index in [2.05, 4.69) is 46.6 Å². The first-order valence-corrected chi connectivity index (χ1v) is 10.9. The van der Waals surface area contributed by atoms with Gasteiger partial charge in [0.1, 0.15) is 17.3 Å². The molecule has 8 heteroatoms. The molecule has 32 heavy (non-hydrogen) atoms. The molecular formula is C24H26N6O2. The maximum absolute atomic E-state index is 13.1. The first-order chi connectivity index (χ1) is 15.2. The van der Waals surface area contributed by atoms with E-state index < -0.39 is 17.2 Å². The van der Waals surface area contributed by atoms with Crippen LogP contribution in [0.15, 0.2) is 35.3 Å². The fraction of sp³-hybridized carbons (Fsp3) is 0.417.